The standard InChI is InChI=1S/C51H31N5O/c1-4-14-32(15-5-1)35-24-26-39-40-27-25-36(31-46(40)57-45(39)30-35)55-43-22-12-10-20-37(43)41-28-29-42-38-21-11-13-23-44(38)56(48(42)47(41)55)51-53-49(33-16-6-2-7-17-33)52-50(54-51)34-18-8-3-9-19-34/h1-31H. The molecule has 6 nitrogen and oxygen atoms in total. The molecular formula is C51H31N5O. The topological polar surface area (TPSA) is 61.7 Å². The summed E-state index contributed by atoms with van der Waals surface area (Å²) < 4.78 is 11.3. The molecule has 0 fully saturated rings. The van der Waals surface area contributed by atoms with Crippen molar-refractivity contribution >= 4 is 65.6 Å². The Hall–Kier alpha value is -7.83. The van der Waals surface area contributed by atoms with Crippen molar-refractivity contribution in [2.45, 2.75) is 0 Å². The molecule has 57 heavy (non-hydrogen) atoms. The van der Waals surface area contributed by atoms with Gasteiger partial charge >= 0.3 is 0 Å². The summed E-state index contributed by atoms with van der Waals surface area (Å²) in [6, 6.07) is 65.5. The number of nitrogens with zero attached hydrogens (tertiary/aromatic N) is 5. The van der Waals surface area contributed by atoms with Crippen molar-refractivity contribution in [3.05, 3.63) is 188 Å². The van der Waals surface area contributed by atoms with Crippen LogP contribution in [0.3, 0.4) is 0 Å². The lowest BCUT2D eigenvalue weighted by atomic mass is 10.0. The fourth-order valence-electron chi connectivity index (χ4n) is 8.59. The Bertz CT molecular complexity index is 3450. The second kappa shape index (κ2) is 12.3. The molecule has 12 aromatic rings. The molecule has 0 saturated carbocycles. The van der Waals surface area contributed by atoms with Crippen LogP contribution in [0.1, 0.15) is 0 Å². The van der Waals surface area contributed by atoms with Gasteiger partial charge in [0.05, 0.1) is 27.8 Å². The largest absolute Gasteiger partial charge is 0.456 e. The molecule has 6 heteroatoms. The van der Waals surface area contributed by atoms with Crippen LogP contribution in [-0.2, 0) is 0 Å². The number of fused-ring (bicyclic) bond motifs is 10. The summed E-state index contributed by atoms with van der Waals surface area (Å²) in [5.74, 6) is 1.79. The van der Waals surface area contributed by atoms with Crippen LogP contribution in [0.2, 0.25) is 0 Å². The number of furan rings is 1. The molecule has 12 rings (SSSR count). The average molecular weight is 730 g/mol. The number of hydrogen-bond acceptors (Lipinski definition) is 4. The lowest BCUT2D eigenvalue weighted by Gasteiger charge is -2.13. The van der Waals surface area contributed by atoms with Crippen molar-refractivity contribution in [1.29, 1.82) is 0 Å². The quantitative estimate of drug-likeness (QED) is 0.177. The molecule has 0 aliphatic rings. The highest BCUT2D eigenvalue weighted by atomic mass is 16.3. The zero-order valence-electron chi connectivity index (χ0n) is 30.5. The highest BCUT2D eigenvalue weighted by Crippen LogP contribution is 2.42. The molecule has 0 saturated heterocycles. The first-order valence-corrected chi connectivity index (χ1v) is 19.1. The van der Waals surface area contributed by atoms with Gasteiger partial charge in [-0.25, -0.2) is 4.98 Å². The summed E-state index contributed by atoms with van der Waals surface area (Å²) in [6.07, 6.45) is 0. The Morgan fingerprint density at radius 1 is 0.333 bits per heavy atom. The Morgan fingerprint density at radius 3 is 1.42 bits per heavy atom. The molecule has 0 aliphatic heterocycles. The van der Waals surface area contributed by atoms with Gasteiger partial charge in [0.2, 0.25) is 5.95 Å². The summed E-state index contributed by atoms with van der Waals surface area (Å²) in [5.41, 5.74) is 11.1. The molecule has 0 N–H and O–H groups in total. The predicted octanol–water partition coefficient (Wildman–Crippen LogP) is 13.0. The van der Waals surface area contributed by atoms with Crippen molar-refractivity contribution in [3.63, 3.8) is 0 Å². The lowest BCUT2D eigenvalue weighted by Crippen LogP contribution is -2.07. The van der Waals surface area contributed by atoms with Gasteiger partial charge in [0.15, 0.2) is 11.6 Å². The molecule has 0 bridgehead atoms. The fraction of sp³-hybridized carbons (Fsp3) is 0. The average Bonchev–Trinajstić information content (AvgIpc) is 3.94. The van der Waals surface area contributed by atoms with Crippen molar-refractivity contribution < 1.29 is 4.42 Å². The molecule has 4 heterocycles. The molecule has 0 unspecified atom stereocenters. The summed E-state index contributed by atoms with van der Waals surface area (Å²) in [5, 5.41) is 6.72. The van der Waals surface area contributed by atoms with Crippen molar-refractivity contribution in [1.82, 2.24) is 24.1 Å². The fourth-order valence-corrected chi connectivity index (χ4v) is 8.59. The first-order chi connectivity index (χ1) is 28.3. The van der Waals surface area contributed by atoms with E-state index in [1.165, 1.54) is 0 Å². The molecule has 0 radical (unpaired) electrons. The van der Waals surface area contributed by atoms with E-state index in [0.717, 1.165) is 93.5 Å². The molecule has 0 spiro atoms. The second-order valence-electron chi connectivity index (χ2n) is 14.4. The first kappa shape index (κ1) is 31.5. The molecule has 4 aromatic heterocycles. The Morgan fingerprint density at radius 2 is 0.807 bits per heavy atom. The van der Waals surface area contributed by atoms with Crippen molar-refractivity contribution in [2.75, 3.05) is 0 Å². The van der Waals surface area contributed by atoms with Crippen LogP contribution in [0.4, 0.5) is 0 Å². The third-order valence-corrected chi connectivity index (χ3v) is 11.2. The minimum atomic E-state index is 0.556. The van der Waals surface area contributed by atoms with E-state index < -0.39 is 0 Å². The van der Waals surface area contributed by atoms with Crippen LogP contribution in [-0.4, -0.2) is 24.1 Å². The maximum atomic E-state index is 6.67. The Balaban J connectivity index is 1.17. The van der Waals surface area contributed by atoms with E-state index in [-0.39, 0.29) is 0 Å². The number of rotatable bonds is 5. The van der Waals surface area contributed by atoms with Crippen LogP contribution >= 0.6 is 0 Å². The Kier molecular flexibility index (Phi) is 6.83. The van der Waals surface area contributed by atoms with Gasteiger partial charge in [-0.3, -0.25) is 4.57 Å². The van der Waals surface area contributed by atoms with E-state index in [2.05, 4.69) is 130 Å². The summed E-state index contributed by atoms with van der Waals surface area (Å²) in [6.45, 7) is 0. The minimum absolute atomic E-state index is 0.556. The van der Waals surface area contributed by atoms with Crippen molar-refractivity contribution in [2.24, 2.45) is 0 Å². The number of benzene rings is 8. The normalized spacial score (nSPS) is 11.9. The lowest BCUT2D eigenvalue weighted by molar-refractivity contribution is 0.669. The SMILES string of the molecule is c1ccc(-c2ccc3c(c2)oc2cc(-n4c5ccccc5c5ccc6c7ccccc7n(-c7nc(-c8ccccc8)nc(-c8ccccc8)n7)c6c54)ccc23)cc1. The molecule has 0 amide bonds. The zero-order chi connectivity index (χ0) is 37.5. The summed E-state index contributed by atoms with van der Waals surface area (Å²) >= 11 is 0. The van der Waals surface area contributed by atoms with Gasteiger partial charge in [0, 0.05) is 49.5 Å². The van der Waals surface area contributed by atoms with E-state index in [4.69, 9.17) is 19.4 Å². The van der Waals surface area contributed by atoms with Gasteiger partial charge in [0.1, 0.15) is 11.2 Å². The number of hydrogen-bond donors (Lipinski definition) is 0. The maximum Gasteiger partial charge on any atom is 0.238 e. The van der Waals surface area contributed by atoms with Gasteiger partial charge < -0.3 is 8.98 Å². The molecule has 0 aliphatic carbocycles. The molecular weight excluding hydrogens is 699 g/mol. The monoisotopic (exact) mass is 729 g/mol. The van der Waals surface area contributed by atoms with E-state index in [1.807, 2.05) is 66.7 Å². The Labute approximate surface area is 326 Å². The van der Waals surface area contributed by atoms with Crippen LogP contribution in [0.25, 0.3) is 111 Å². The zero-order valence-corrected chi connectivity index (χ0v) is 30.5. The van der Waals surface area contributed by atoms with Gasteiger partial charge in [0.25, 0.3) is 0 Å². The van der Waals surface area contributed by atoms with Crippen LogP contribution in [0.5, 0.6) is 0 Å². The summed E-state index contributed by atoms with van der Waals surface area (Å²) in [4.78, 5) is 15.5. The van der Waals surface area contributed by atoms with Crippen LogP contribution in [0, 0.1) is 0 Å². The molecule has 266 valence electrons. The molecule has 0 atom stereocenters. The third-order valence-electron chi connectivity index (χ3n) is 11.2. The first-order valence-electron chi connectivity index (χ1n) is 19.1. The van der Waals surface area contributed by atoms with E-state index >= 15 is 0 Å². The van der Waals surface area contributed by atoms with Crippen LogP contribution in [0.15, 0.2) is 192 Å². The van der Waals surface area contributed by atoms with Gasteiger partial charge in [-0.15, -0.1) is 0 Å². The highest BCUT2D eigenvalue weighted by Gasteiger charge is 2.24. The van der Waals surface area contributed by atoms with E-state index in [1.54, 1.807) is 0 Å². The smallest absolute Gasteiger partial charge is 0.238 e. The number of aromatic nitrogens is 5. The third kappa shape index (κ3) is 4.87. The highest BCUT2D eigenvalue weighted by molar-refractivity contribution is 6.24. The summed E-state index contributed by atoms with van der Waals surface area (Å²) in [7, 11) is 0. The maximum absolute atomic E-state index is 6.67. The predicted molar refractivity (Wildman–Crippen MR) is 232 cm³/mol. The van der Waals surface area contributed by atoms with Gasteiger partial charge in [-0.2, -0.15) is 9.97 Å². The van der Waals surface area contributed by atoms with E-state index in [9.17, 15) is 0 Å². The van der Waals surface area contributed by atoms with Crippen molar-refractivity contribution in [3.8, 4) is 45.5 Å². The van der Waals surface area contributed by atoms with Gasteiger partial charge in [-0.1, -0.05) is 146 Å². The van der Waals surface area contributed by atoms with E-state index in [0.29, 0.717) is 17.6 Å². The number of para-hydroxylation sites is 2. The van der Waals surface area contributed by atoms with Gasteiger partial charge in [-0.05, 0) is 47.5 Å². The van der Waals surface area contributed by atoms with Crippen LogP contribution < -0.4 is 0 Å². The second-order valence-corrected chi connectivity index (χ2v) is 14.4. The minimum Gasteiger partial charge on any atom is -0.456 e. The molecule has 8 aromatic carbocycles.